The fourth-order valence-corrected chi connectivity index (χ4v) is 2.71. The molecule has 0 aliphatic carbocycles. The van der Waals surface area contributed by atoms with Gasteiger partial charge < -0.3 is 15.2 Å². The number of para-hydroxylation sites is 2. The van der Waals surface area contributed by atoms with Crippen LogP contribution in [0.4, 0.5) is 5.69 Å². The average molecular weight is 371 g/mol. The molecule has 1 atom stereocenters. The van der Waals surface area contributed by atoms with Gasteiger partial charge in [0.1, 0.15) is 5.75 Å². The normalized spacial score (nSPS) is 11.8. The summed E-state index contributed by atoms with van der Waals surface area (Å²) in [5.74, 6) is -0.456. The number of nitrogens with one attached hydrogen (secondary N) is 1. The number of hydrogen-bond acceptors (Lipinski definition) is 3. The number of hydrogen-bond donors (Lipinski definition) is 2. The zero-order valence-corrected chi connectivity index (χ0v) is 13.5. The van der Waals surface area contributed by atoms with Crippen molar-refractivity contribution in [2.75, 3.05) is 12.4 Å². The third-order valence-electron chi connectivity index (χ3n) is 2.93. The van der Waals surface area contributed by atoms with Gasteiger partial charge in [-0.25, -0.2) is 4.79 Å². The molecule has 0 radical (unpaired) electrons. The zero-order chi connectivity index (χ0) is 15.4. The molecule has 0 spiro atoms. The number of anilines is 1. The van der Waals surface area contributed by atoms with Gasteiger partial charge in [0.15, 0.2) is 6.04 Å². The molecule has 2 rings (SSSR count). The molecule has 0 heterocycles. The first-order valence-electron chi connectivity index (χ1n) is 6.10. The Balaban J connectivity index is 2.38. The Morgan fingerprint density at radius 2 is 2.05 bits per heavy atom. The molecule has 2 aromatic carbocycles. The summed E-state index contributed by atoms with van der Waals surface area (Å²) in [6.45, 7) is 0. The van der Waals surface area contributed by atoms with E-state index in [0.29, 0.717) is 22.0 Å². The molecular weight excluding hydrogens is 358 g/mol. The van der Waals surface area contributed by atoms with Crippen molar-refractivity contribution < 1.29 is 14.6 Å². The van der Waals surface area contributed by atoms with Gasteiger partial charge in [0, 0.05) is 15.1 Å². The van der Waals surface area contributed by atoms with Crippen LogP contribution in [-0.2, 0) is 4.79 Å². The van der Waals surface area contributed by atoms with Crippen molar-refractivity contribution >= 4 is 39.2 Å². The molecule has 0 aliphatic heterocycles. The maximum atomic E-state index is 11.6. The van der Waals surface area contributed by atoms with Gasteiger partial charge in [0.05, 0.1) is 12.8 Å². The Morgan fingerprint density at radius 1 is 1.33 bits per heavy atom. The monoisotopic (exact) mass is 369 g/mol. The van der Waals surface area contributed by atoms with Crippen LogP contribution >= 0.6 is 27.5 Å². The van der Waals surface area contributed by atoms with Crippen molar-refractivity contribution in [3.63, 3.8) is 0 Å². The summed E-state index contributed by atoms with van der Waals surface area (Å²) in [6.07, 6.45) is 0. The van der Waals surface area contributed by atoms with Gasteiger partial charge in [-0.3, -0.25) is 0 Å². The highest BCUT2D eigenvalue weighted by atomic mass is 79.9. The molecule has 0 amide bonds. The Morgan fingerprint density at radius 3 is 2.67 bits per heavy atom. The first-order chi connectivity index (χ1) is 10.0. The number of aliphatic carboxylic acids is 1. The lowest BCUT2D eigenvalue weighted by molar-refractivity contribution is -0.138. The van der Waals surface area contributed by atoms with E-state index in [-0.39, 0.29) is 0 Å². The molecule has 21 heavy (non-hydrogen) atoms. The molecule has 0 saturated carbocycles. The fourth-order valence-electron chi connectivity index (χ4n) is 1.93. The predicted molar refractivity (Wildman–Crippen MR) is 86.1 cm³/mol. The second kappa shape index (κ2) is 6.83. The van der Waals surface area contributed by atoms with Crippen LogP contribution < -0.4 is 10.1 Å². The molecule has 110 valence electrons. The van der Waals surface area contributed by atoms with Gasteiger partial charge in [-0.1, -0.05) is 45.7 Å². The maximum Gasteiger partial charge on any atom is 0.330 e. The smallest absolute Gasteiger partial charge is 0.330 e. The average Bonchev–Trinajstić information content (AvgIpc) is 2.45. The van der Waals surface area contributed by atoms with Gasteiger partial charge in [-0.2, -0.15) is 0 Å². The van der Waals surface area contributed by atoms with Crippen molar-refractivity contribution in [1.82, 2.24) is 0 Å². The van der Waals surface area contributed by atoms with Crippen molar-refractivity contribution in [3.05, 3.63) is 57.5 Å². The van der Waals surface area contributed by atoms with Crippen molar-refractivity contribution in [3.8, 4) is 5.75 Å². The summed E-state index contributed by atoms with van der Waals surface area (Å²) in [7, 11) is 1.53. The zero-order valence-electron chi connectivity index (χ0n) is 11.1. The highest BCUT2D eigenvalue weighted by Gasteiger charge is 2.23. The lowest BCUT2D eigenvalue weighted by atomic mass is 10.1. The van der Waals surface area contributed by atoms with E-state index < -0.39 is 12.0 Å². The maximum absolute atomic E-state index is 11.6. The predicted octanol–water partition coefficient (Wildman–Crippen LogP) is 4.35. The molecule has 0 bridgehead atoms. The van der Waals surface area contributed by atoms with Crippen LogP contribution in [0.5, 0.6) is 5.75 Å². The quantitative estimate of drug-likeness (QED) is 0.821. The standard InChI is InChI=1S/C15H13BrClNO3/c1-21-13-5-3-2-4-12(13)18-14(15(19)20)10-7-6-9(16)8-11(10)17/h2-8,14,18H,1H3,(H,19,20). The van der Waals surface area contributed by atoms with Crippen LogP contribution in [-0.4, -0.2) is 18.2 Å². The number of carboxylic acid groups (broad SMARTS) is 1. The van der Waals surface area contributed by atoms with E-state index in [2.05, 4.69) is 21.2 Å². The highest BCUT2D eigenvalue weighted by Crippen LogP contribution is 2.32. The third kappa shape index (κ3) is 3.68. The van der Waals surface area contributed by atoms with Crippen LogP contribution in [0.1, 0.15) is 11.6 Å². The highest BCUT2D eigenvalue weighted by molar-refractivity contribution is 9.10. The van der Waals surface area contributed by atoms with E-state index in [0.717, 1.165) is 4.47 Å². The van der Waals surface area contributed by atoms with Crippen molar-refractivity contribution in [2.45, 2.75) is 6.04 Å². The number of halogens is 2. The van der Waals surface area contributed by atoms with Gasteiger partial charge in [0.25, 0.3) is 0 Å². The van der Waals surface area contributed by atoms with Crippen LogP contribution in [0.15, 0.2) is 46.9 Å². The van der Waals surface area contributed by atoms with Crippen molar-refractivity contribution in [2.24, 2.45) is 0 Å². The summed E-state index contributed by atoms with van der Waals surface area (Å²) >= 11 is 9.44. The number of carbonyl (C=O) groups is 1. The van der Waals surface area contributed by atoms with E-state index in [1.807, 2.05) is 6.07 Å². The van der Waals surface area contributed by atoms with Crippen LogP contribution in [0.3, 0.4) is 0 Å². The van der Waals surface area contributed by atoms with Crippen LogP contribution in [0.25, 0.3) is 0 Å². The Bertz CT molecular complexity index is 663. The lowest BCUT2D eigenvalue weighted by Crippen LogP contribution is -2.21. The third-order valence-corrected chi connectivity index (χ3v) is 3.75. The molecule has 6 heteroatoms. The Hall–Kier alpha value is -1.72. The minimum absolute atomic E-state index is 0.374. The first kappa shape index (κ1) is 15.7. The molecule has 2 N–H and O–H groups in total. The summed E-state index contributed by atoms with van der Waals surface area (Å²) in [5.41, 5.74) is 1.07. The SMILES string of the molecule is COc1ccccc1NC(C(=O)O)c1ccc(Br)cc1Cl. The molecule has 1 unspecified atom stereocenters. The van der Waals surface area contributed by atoms with E-state index in [9.17, 15) is 9.90 Å². The Kier molecular flexibility index (Phi) is 5.09. The summed E-state index contributed by atoms with van der Waals surface area (Å²) in [5, 5.41) is 12.8. The molecule has 2 aromatic rings. The van der Waals surface area contributed by atoms with Gasteiger partial charge in [-0.15, -0.1) is 0 Å². The summed E-state index contributed by atoms with van der Waals surface area (Å²) in [4.78, 5) is 11.6. The second-order valence-corrected chi connectivity index (χ2v) is 5.60. The number of methoxy groups -OCH3 is 1. The lowest BCUT2D eigenvalue weighted by Gasteiger charge is -2.19. The van der Waals surface area contributed by atoms with Gasteiger partial charge >= 0.3 is 5.97 Å². The van der Waals surface area contributed by atoms with Gasteiger partial charge in [0.2, 0.25) is 0 Å². The fraction of sp³-hybridized carbons (Fsp3) is 0.133. The minimum Gasteiger partial charge on any atom is -0.495 e. The topological polar surface area (TPSA) is 58.6 Å². The first-order valence-corrected chi connectivity index (χ1v) is 7.27. The van der Waals surface area contributed by atoms with E-state index in [1.165, 1.54) is 7.11 Å². The molecule has 0 aromatic heterocycles. The van der Waals surface area contributed by atoms with Crippen molar-refractivity contribution in [1.29, 1.82) is 0 Å². The molecular formula is C15H13BrClNO3. The van der Waals surface area contributed by atoms with E-state index in [4.69, 9.17) is 16.3 Å². The van der Waals surface area contributed by atoms with Gasteiger partial charge in [-0.05, 0) is 24.3 Å². The number of ether oxygens (including phenoxy) is 1. The Labute approximate surface area is 135 Å². The minimum atomic E-state index is -1.02. The summed E-state index contributed by atoms with van der Waals surface area (Å²) in [6, 6.07) is 11.2. The number of benzene rings is 2. The number of carboxylic acids is 1. The molecule has 0 saturated heterocycles. The second-order valence-electron chi connectivity index (χ2n) is 4.28. The molecule has 0 aliphatic rings. The number of rotatable bonds is 5. The largest absolute Gasteiger partial charge is 0.495 e. The molecule has 4 nitrogen and oxygen atoms in total. The van der Waals surface area contributed by atoms with Crippen LogP contribution in [0.2, 0.25) is 5.02 Å². The summed E-state index contributed by atoms with van der Waals surface area (Å²) < 4.78 is 6.00. The molecule has 0 fully saturated rings. The van der Waals surface area contributed by atoms with E-state index in [1.54, 1.807) is 36.4 Å². The van der Waals surface area contributed by atoms with Crippen LogP contribution in [0, 0.1) is 0 Å². The van der Waals surface area contributed by atoms with E-state index >= 15 is 0 Å².